The number of nitrogens with zero attached hydrogens (tertiary/aromatic N) is 1. The molecule has 1 aliphatic heterocycles. The molecule has 0 aromatic heterocycles. The fourth-order valence-electron chi connectivity index (χ4n) is 4.81. The van der Waals surface area contributed by atoms with Crippen molar-refractivity contribution < 1.29 is 43.9 Å². The third-order valence-electron chi connectivity index (χ3n) is 6.50. The van der Waals surface area contributed by atoms with Crippen LogP contribution in [0.3, 0.4) is 0 Å². The minimum atomic E-state index is -1.17. The van der Waals surface area contributed by atoms with E-state index in [4.69, 9.17) is 18.9 Å². The molecule has 1 aliphatic carbocycles. The van der Waals surface area contributed by atoms with Crippen LogP contribution in [0.5, 0.6) is 11.5 Å². The van der Waals surface area contributed by atoms with Crippen molar-refractivity contribution in [3.05, 3.63) is 34.9 Å². The van der Waals surface area contributed by atoms with Crippen LogP contribution in [0.2, 0.25) is 0 Å². The zero-order valence-corrected chi connectivity index (χ0v) is 21.6. The molecule has 1 heterocycles. The Kier molecular flexibility index (Phi) is 10.7. The average Bonchev–Trinajstić information content (AvgIpc) is 3.30. The second-order valence-corrected chi connectivity index (χ2v) is 8.79. The Bertz CT molecular complexity index is 968. The van der Waals surface area contributed by atoms with E-state index in [1.54, 1.807) is 25.1 Å². The summed E-state index contributed by atoms with van der Waals surface area (Å²) in [5, 5.41) is 33.2. The Morgan fingerprint density at radius 1 is 1.16 bits per heavy atom. The SMILES string of the molecule is CCOCCCN(C(=O)COCC)[C@@H]1C=C(C(=O)NCCO)[C@@H]2c3cc(CO)cc(OC)c3O[C@@H]2[C@H]1O. The fraction of sp³-hybridized carbons (Fsp3) is 0.615. The van der Waals surface area contributed by atoms with Crippen LogP contribution in [0.15, 0.2) is 23.8 Å². The number of amides is 2. The largest absolute Gasteiger partial charge is 0.493 e. The van der Waals surface area contributed by atoms with E-state index in [0.717, 1.165) is 0 Å². The van der Waals surface area contributed by atoms with Crippen molar-refractivity contribution >= 4 is 11.8 Å². The smallest absolute Gasteiger partial charge is 0.249 e. The van der Waals surface area contributed by atoms with Crippen LogP contribution in [-0.4, -0.2) is 104 Å². The molecule has 0 radical (unpaired) electrons. The quantitative estimate of drug-likeness (QED) is 0.250. The highest BCUT2D eigenvalue weighted by molar-refractivity contribution is 5.96. The van der Waals surface area contributed by atoms with Gasteiger partial charge in [-0.15, -0.1) is 0 Å². The first-order valence-electron chi connectivity index (χ1n) is 12.6. The molecular weight excluding hydrogens is 484 g/mol. The van der Waals surface area contributed by atoms with Gasteiger partial charge in [-0.1, -0.05) is 0 Å². The number of benzene rings is 1. The van der Waals surface area contributed by atoms with E-state index in [0.29, 0.717) is 54.4 Å². The van der Waals surface area contributed by atoms with Crippen LogP contribution < -0.4 is 14.8 Å². The van der Waals surface area contributed by atoms with Gasteiger partial charge >= 0.3 is 0 Å². The summed E-state index contributed by atoms with van der Waals surface area (Å²) in [6.45, 7) is 4.65. The zero-order valence-electron chi connectivity index (χ0n) is 21.6. The molecule has 4 N–H and O–H groups in total. The summed E-state index contributed by atoms with van der Waals surface area (Å²) >= 11 is 0. The molecule has 0 fully saturated rings. The highest BCUT2D eigenvalue weighted by atomic mass is 16.5. The Balaban J connectivity index is 2.05. The zero-order chi connectivity index (χ0) is 26.9. The Labute approximate surface area is 216 Å². The van der Waals surface area contributed by atoms with Crippen LogP contribution >= 0.6 is 0 Å². The molecule has 2 aliphatic rings. The number of ether oxygens (including phenoxy) is 4. The molecule has 1 aromatic rings. The first-order chi connectivity index (χ1) is 17.9. The van der Waals surface area contributed by atoms with Gasteiger partial charge in [-0.25, -0.2) is 0 Å². The van der Waals surface area contributed by atoms with E-state index < -0.39 is 30.1 Å². The topological polar surface area (TPSA) is 147 Å². The molecule has 0 saturated heterocycles. The van der Waals surface area contributed by atoms with E-state index in [1.165, 1.54) is 12.0 Å². The number of aliphatic hydroxyl groups is 3. The molecule has 0 bridgehead atoms. The van der Waals surface area contributed by atoms with Crippen LogP contribution in [0.1, 0.15) is 37.3 Å². The van der Waals surface area contributed by atoms with Gasteiger partial charge in [0.25, 0.3) is 0 Å². The van der Waals surface area contributed by atoms with Crippen molar-refractivity contribution in [2.45, 2.75) is 51.0 Å². The summed E-state index contributed by atoms with van der Waals surface area (Å²) in [5.74, 6) is -0.706. The number of rotatable bonds is 14. The molecular formula is C26H38N2O9. The minimum absolute atomic E-state index is 0.0375. The van der Waals surface area contributed by atoms with Crippen molar-refractivity contribution in [2.75, 3.05) is 53.2 Å². The van der Waals surface area contributed by atoms with Gasteiger partial charge in [0.05, 0.1) is 32.3 Å². The molecule has 206 valence electrons. The fourth-order valence-corrected chi connectivity index (χ4v) is 4.81. The lowest BCUT2D eigenvalue weighted by Gasteiger charge is -2.40. The van der Waals surface area contributed by atoms with Crippen molar-refractivity contribution in [3.63, 3.8) is 0 Å². The highest BCUT2D eigenvalue weighted by Crippen LogP contribution is 2.51. The molecule has 0 spiro atoms. The number of fused-ring (bicyclic) bond motifs is 3. The molecule has 3 rings (SSSR count). The van der Waals surface area contributed by atoms with Gasteiger partial charge in [-0.2, -0.15) is 0 Å². The Morgan fingerprint density at radius 3 is 2.57 bits per heavy atom. The minimum Gasteiger partial charge on any atom is -0.493 e. The lowest BCUT2D eigenvalue weighted by atomic mass is 9.77. The molecule has 11 nitrogen and oxygen atoms in total. The van der Waals surface area contributed by atoms with Crippen molar-refractivity contribution in [3.8, 4) is 11.5 Å². The van der Waals surface area contributed by atoms with Gasteiger partial charge in [0.2, 0.25) is 11.8 Å². The van der Waals surface area contributed by atoms with E-state index in [1.807, 2.05) is 6.92 Å². The molecule has 1 aromatic carbocycles. The lowest BCUT2D eigenvalue weighted by molar-refractivity contribution is -0.142. The maximum atomic E-state index is 13.3. The molecule has 2 amide bonds. The summed E-state index contributed by atoms with van der Waals surface area (Å²) in [4.78, 5) is 27.9. The first kappa shape index (κ1) is 28.9. The van der Waals surface area contributed by atoms with Gasteiger partial charge in [0.15, 0.2) is 11.5 Å². The summed E-state index contributed by atoms with van der Waals surface area (Å²) in [7, 11) is 1.47. The second kappa shape index (κ2) is 13.7. The number of aliphatic hydroxyl groups excluding tert-OH is 3. The van der Waals surface area contributed by atoms with Crippen LogP contribution in [0.25, 0.3) is 0 Å². The molecule has 11 heteroatoms. The predicted molar refractivity (Wildman–Crippen MR) is 133 cm³/mol. The Morgan fingerprint density at radius 2 is 1.92 bits per heavy atom. The molecule has 0 unspecified atom stereocenters. The van der Waals surface area contributed by atoms with E-state index >= 15 is 0 Å². The number of hydrogen-bond donors (Lipinski definition) is 4. The first-order valence-corrected chi connectivity index (χ1v) is 12.6. The maximum absolute atomic E-state index is 13.3. The molecule has 37 heavy (non-hydrogen) atoms. The van der Waals surface area contributed by atoms with Gasteiger partial charge in [-0.3, -0.25) is 9.59 Å². The second-order valence-electron chi connectivity index (χ2n) is 8.79. The van der Waals surface area contributed by atoms with Gasteiger partial charge < -0.3 is 44.5 Å². The van der Waals surface area contributed by atoms with Gasteiger partial charge in [0, 0.05) is 44.0 Å². The van der Waals surface area contributed by atoms with E-state index in [9.17, 15) is 24.9 Å². The highest BCUT2D eigenvalue weighted by Gasteiger charge is 2.51. The van der Waals surface area contributed by atoms with Crippen LogP contribution in [0, 0.1) is 0 Å². The predicted octanol–water partition coefficient (Wildman–Crippen LogP) is 0.102. The van der Waals surface area contributed by atoms with Crippen LogP contribution in [0.4, 0.5) is 0 Å². The number of carbonyl (C=O) groups excluding carboxylic acids is 2. The summed E-state index contributed by atoms with van der Waals surface area (Å²) < 4.78 is 22.4. The van der Waals surface area contributed by atoms with Crippen molar-refractivity contribution in [1.29, 1.82) is 0 Å². The molecule has 0 saturated carbocycles. The summed E-state index contributed by atoms with van der Waals surface area (Å²) in [5.41, 5.74) is 1.46. The van der Waals surface area contributed by atoms with E-state index in [-0.39, 0.29) is 38.8 Å². The average molecular weight is 523 g/mol. The van der Waals surface area contributed by atoms with Gasteiger partial charge in [0.1, 0.15) is 18.8 Å². The van der Waals surface area contributed by atoms with Crippen LogP contribution in [-0.2, 0) is 25.7 Å². The van der Waals surface area contributed by atoms with E-state index in [2.05, 4.69) is 5.32 Å². The maximum Gasteiger partial charge on any atom is 0.249 e. The van der Waals surface area contributed by atoms with Crippen molar-refractivity contribution in [1.82, 2.24) is 10.2 Å². The normalized spacial score (nSPS) is 21.9. The third-order valence-corrected chi connectivity index (χ3v) is 6.50. The number of nitrogens with one attached hydrogen (secondary N) is 1. The van der Waals surface area contributed by atoms with Crippen molar-refractivity contribution in [2.24, 2.45) is 0 Å². The summed E-state index contributed by atoms with van der Waals surface area (Å²) in [6, 6.07) is 2.49. The monoisotopic (exact) mass is 522 g/mol. The summed E-state index contributed by atoms with van der Waals surface area (Å²) in [6.07, 6.45) is 0.0563. The number of hydrogen-bond acceptors (Lipinski definition) is 9. The van der Waals surface area contributed by atoms with Gasteiger partial charge in [-0.05, 0) is 44.0 Å². The number of carbonyl (C=O) groups is 2. The standard InChI is InChI=1S/C26H38N2O9/c1-4-35-10-6-8-28(21(31)15-36-5-2)19-13-18(26(33)27-7-9-29)22-17-11-16(14-30)12-20(34-3)24(17)37-25(22)23(19)32/h11-13,19,22-23,25,29-30,32H,4-10,14-15H2,1-3H3,(H,27,33)/t19-,22+,23+,25+/m1/s1. The Hall–Kier alpha value is -2.70. The third kappa shape index (κ3) is 6.42. The lowest BCUT2D eigenvalue weighted by Crippen LogP contribution is -2.56. The molecule has 4 atom stereocenters. The number of methoxy groups -OCH3 is 1.